The smallest absolute Gasteiger partial charge is 0.126 e. The second-order valence-corrected chi connectivity index (χ2v) is 5.96. The third kappa shape index (κ3) is 3.82. The van der Waals surface area contributed by atoms with E-state index in [1.165, 1.54) is 18.5 Å². The van der Waals surface area contributed by atoms with E-state index in [2.05, 4.69) is 26.5 Å². The van der Waals surface area contributed by atoms with Crippen LogP contribution >= 0.6 is 0 Å². The van der Waals surface area contributed by atoms with Crippen LogP contribution in [0.3, 0.4) is 0 Å². The third-order valence-corrected chi connectivity index (χ3v) is 3.99. The Morgan fingerprint density at radius 3 is 3.05 bits per heavy atom. The van der Waals surface area contributed by atoms with Crippen LogP contribution in [0.15, 0.2) is 30.6 Å². The van der Waals surface area contributed by atoms with E-state index in [1.54, 1.807) is 0 Å². The summed E-state index contributed by atoms with van der Waals surface area (Å²) in [6, 6.07) is 6.11. The molecule has 1 aliphatic rings. The van der Waals surface area contributed by atoms with Gasteiger partial charge in [0.1, 0.15) is 5.82 Å². The van der Waals surface area contributed by atoms with E-state index in [4.69, 9.17) is 0 Å². The highest BCUT2D eigenvalue weighted by atomic mass is 15.2. The van der Waals surface area contributed by atoms with Crippen molar-refractivity contribution in [2.24, 2.45) is 13.0 Å². The van der Waals surface area contributed by atoms with Crippen molar-refractivity contribution in [3.63, 3.8) is 0 Å². The summed E-state index contributed by atoms with van der Waals surface area (Å²) in [6.07, 6.45) is 5.31. The van der Waals surface area contributed by atoms with Crippen molar-refractivity contribution in [3.05, 3.63) is 41.9 Å². The van der Waals surface area contributed by atoms with E-state index in [-0.39, 0.29) is 0 Å². The van der Waals surface area contributed by atoms with Crippen LogP contribution in [0, 0.1) is 12.8 Å². The molecule has 5 nitrogen and oxygen atoms in total. The summed E-state index contributed by atoms with van der Waals surface area (Å²) < 4.78 is 1.87. The maximum absolute atomic E-state index is 4.49. The van der Waals surface area contributed by atoms with Crippen LogP contribution in [0.5, 0.6) is 0 Å². The van der Waals surface area contributed by atoms with Gasteiger partial charge in [-0.25, -0.2) is 4.98 Å². The van der Waals surface area contributed by atoms with Crippen molar-refractivity contribution in [1.82, 2.24) is 19.7 Å². The van der Waals surface area contributed by atoms with Gasteiger partial charge in [0, 0.05) is 44.1 Å². The van der Waals surface area contributed by atoms with Crippen molar-refractivity contribution in [2.75, 3.05) is 25.0 Å². The van der Waals surface area contributed by atoms with E-state index in [1.807, 2.05) is 43.0 Å². The SMILES string of the molecule is Cc1cccc(NCC2CCN(Cc3cnn(C)c3)C2)n1. The molecular formula is C16H23N5. The zero-order chi connectivity index (χ0) is 14.7. The number of hydrogen-bond donors (Lipinski definition) is 1. The van der Waals surface area contributed by atoms with Gasteiger partial charge in [-0.3, -0.25) is 9.58 Å². The Morgan fingerprint density at radius 1 is 1.38 bits per heavy atom. The lowest BCUT2D eigenvalue weighted by atomic mass is 10.1. The molecule has 1 fully saturated rings. The van der Waals surface area contributed by atoms with Gasteiger partial charge in [0.05, 0.1) is 6.20 Å². The minimum absolute atomic E-state index is 0.698. The first-order chi connectivity index (χ1) is 10.2. The fourth-order valence-corrected chi connectivity index (χ4v) is 2.93. The van der Waals surface area contributed by atoms with Crippen molar-refractivity contribution < 1.29 is 0 Å². The molecule has 21 heavy (non-hydrogen) atoms. The van der Waals surface area contributed by atoms with E-state index in [0.29, 0.717) is 5.92 Å². The summed E-state index contributed by atoms with van der Waals surface area (Å²) in [5.74, 6) is 1.68. The molecule has 2 aromatic rings. The summed E-state index contributed by atoms with van der Waals surface area (Å²) >= 11 is 0. The number of pyridine rings is 1. The number of rotatable bonds is 5. The van der Waals surface area contributed by atoms with E-state index in [9.17, 15) is 0 Å². The van der Waals surface area contributed by atoms with Gasteiger partial charge in [-0.05, 0) is 37.9 Å². The lowest BCUT2D eigenvalue weighted by Crippen LogP contribution is -2.22. The lowest BCUT2D eigenvalue weighted by molar-refractivity contribution is 0.319. The maximum atomic E-state index is 4.49. The predicted molar refractivity (Wildman–Crippen MR) is 84.1 cm³/mol. The van der Waals surface area contributed by atoms with Crippen molar-refractivity contribution >= 4 is 5.82 Å². The molecule has 3 heterocycles. The van der Waals surface area contributed by atoms with Crippen molar-refractivity contribution in [3.8, 4) is 0 Å². The normalized spacial score (nSPS) is 19.0. The molecular weight excluding hydrogens is 262 g/mol. The minimum Gasteiger partial charge on any atom is -0.370 e. The highest BCUT2D eigenvalue weighted by molar-refractivity contribution is 5.35. The largest absolute Gasteiger partial charge is 0.370 e. The highest BCUT2D eigenvalue weighted by Crippen LogP contribution is 2.19. The Labute approximate surface area is 126 Å². The topological polar surface area (TPSA) is 46.0 Å². The van der Waals surface area contributed by atoms with E-state index < -0.39 is 0 Å². The van der Waals surface area contributed by atoms with Crippen LogP contribution in [-0.2, 0) is 13.6 Å². The summed E-state index contributed by atoms with van der Waals surface area (Å²) in [5, 5.41) is 7.69. The first-order valence-electron chi connectivity index (χ1n) is 7.56. The Balaban J connectivity index is 1.46. The van der Waals surface area contributed by atoms with Crippen LogP contribution < -0.4 is 5.32 Å². The molecule has 3 rings (SSSR count). The number of nitrogens with one attached hydrogen (secondary N) is 1. The van der Waals surface area contributed by atoms with Gasteiger partial charge in [0.25, 0.3) is 0 Å². The van der Waals surface area contributed by atoms with Gasteiger partial charge in [-0.1, -0.05) is 6.07 Å². The molecule has 0 aromatic carbocycles. The number of nitrogens with zero attached hydrogens (tertiary/aromatic N) is 4. The molecule has 2 aromatic heterocycles. The maximum Gasteiger partial charge on any atom is 0.126 e. The quantitative estimate of drug-likeness (QED) is 0.913. The second kappa shape index (κ2) is 6.26. The van der Waals surface area contributed by atoms with Crippen LogP contribution in [0.2, 0.25) is 0 Å². The molecule has 1 N–H and O–H groups in total. The second-order valence-electron chi connectivity index (χ2n) is 5.96. The van der Waals surface area contributed by atoms with Gasteiger partial charge >= 0.3 is 0 Å². The molecule has 5 heteroatoms. The molecule has 0 spiro atoms. The molecule has 0 radical (unpaired) electrons. The zero-order valence-electron chi connectivity index (χ0n) is 12.8. The van der Waals surface area contributed by atoms with Crippen molar-refractivity contribution in [2.45, 2.75) is 19.9 Å². The van der Waals surface area contributed by atoms with Crippen LogP contribution in [0.25, 0.3) is 0 Å². The predicted octanol–water partition coefficient (Wildman–Crippen LogP) is 2.06. The molecule has 112 valence electrons. The minimum atomic E-state index is 0.698. The molecule has 0 aliphatic carbocycles. The Morgan fingerprint density at radius 2 is 2.29 bits per heavy atom. The third-order valence-electron chi connectivity index (χ3n) is 3.99. The molecule has 0 amide bonds. The molecule has 1 aliphatic heterocycles. The highest BCUT2D eigenvalue weighted by Gasteiger charge is 2.22. The monoisotopic (exact) mass is 285 g/mol. The first-order valence-corrected chi connectivity index (χ1v) is 7.56. The fourth-order valence-electron chi connectivity index (χ4n) is 2.93. The molecule has 0 saturated carbocycles. The fraction of sp³-hybridized carbons (Fsp3) is 0.500. The Bertz CT molecular complexity index is 592. The number of aryl methyl sites for hydroxylation is 2. The molecule has 1 saturated heterocycles. The van der Waals surface area contributed by atoms with Crippen molar-refractivity contribution in [1.29, 1.82) is 0 Å². The Hall–Kier alpha value is -1.88. The molecule has 1 unspecified atom stereocenters. The van der Waals surface area contributed by atoms with E-state index >= 15 is 0 Å². The number of likely N-dealkylation sites (tertiary alicyclic amines) is 1. The standard InChI is InChI=1S/C16H23N5/c1-13-4-3-5-16(19-13)17-8-14-6-7-21(11-14)12-15-9-18-20(2)10-15/h3-5,9-10,14H,6-8,11-12H2,1-2H3,(H,17,19). The van der Waals surface area contributed by atoms with Gasteiger partial charge in [-0.2, -0.15) is 5.10 Å². The summed E-state index contributed by atoms with van der Waals surface area (Å²) in [6.45, 7) is 6.35. The van der Waals surface area contributed by atoms with Crippen LogP contribution in [0.1, 0.15) is 17.7 Å². The van der Waals surface area contributed by atoms with Crippen LogP contribution in [0.4, 0.5) is 5.82 Å². The summed E-state index contributed by atoms with van der Waals surface area (Å²) in [4.78, 5) is 6.99. The van der Waals surface area contributed by atoms with Gasteiger partial charge in [0.2, 0.25) is 0 Å². The van der Waals surface area contributed by atoms with E-state index in [0.717, 1.165) is 31.1 Å². The number of aromatic nitrogens is 3. The summed E-state index contributed by atoms with van der Waals surface area (Å²) in [7, 11) is 1.97. The average Bonchev–Trinajstić information content (AvgIpc) is 3.06. The van der Waals surface area contributed by atoms with Gasteiger partial charge in [-0.15, -0.1) is 0 Å². The number of hydrogen-bond acceptors (Lipinski definition) is 4. The van der Waals surface area contributed by atoms with Crippen LogP contribution in [-0.4, -0.2) is 39.3 Å². The number of anilines is 1. The van der Waals surface area contributed by atoms with Gasteiger partial charge in [0.15, 0.2) is 0 Å². The molecule has 0 bridgehead atoms. The Kier molecular flexibility index (Phi) is 4.20. The lowest BCUT2D eigenvalue weighted by Gasteiger charge is -2.15. The zero-order valence-corrected chi connectivity index (χ0v) is 12.8. The van der Waals surface area contributed by atoms with Gasteiger partial charge < -0.3 is 5.32 Å². The average molecular weight is 285 g/mol. The molecule has 1 atom stereocenters. The summed E-state index contributed by atoms with van der Waals surface area (Å²) in [5.41, 5.74) is 2.36. The first kappa shape index (κ1) is 14.1.